The lowest BCUT2D eigenvalue weighted by atomic mass is 9.84. The number of hydrogen-bond acceptors (Lipinski definition) is 4. The van der Waals surface area contributed by atoms with E-state index < -0.39 is 11.7 Å². The van der Waals surface area contributed by atoms with Gasteiger partial charge in [0, 0.05) is 25.6 Å². The van der Waals surface area contributed by atoms with Crippen molar-refractivity contribution in [2.24, 2.45) is 0 Å². The molecule has 3 rings (SSSR count). The topological polar surface area (TPSA) is 67.4 Å². The summed E-state index contributed by atoms with van der Waals surface area (Å²) in [5.41, 5.74) is 0.249. The summed E-state index contributed by atoms with van der Waals surface area (Å²) in [5, 5.41) is 35.6. The summed E-state index contributed by atoms with van der Waals surface area (Å²) < 4.78 is 1.97. The van der Waals surface area contributed by atoms with Crippen LogP contribution in [0.2, 0.25) is 0 Å². The minimum Gasteiger partial charge on any atom is -0.835 e. The van der Waals surface area contributed by atoms with Crippen molar-refractivity contribution >= 4 is 11.3 Å². The molecule has 0 amide bonds. The first-order valence-corrected chi connectivity index (χ1v) is 9.98. The summed E-state index contributed by atoms with van der Waals surface area (Å²) in [4.78, 5) is 0.978. The number of benzene rings is 2. The van der Waals surface area contributed by atoms with Gasteiger partial charge >= 0.3 is 0 Å². The first-order chi connectivity index (χ1) is 13.0. The summed E-state index contributed by atoms with van der Waals surface area (Å²) in [6.07, 6.45) is -0.734. The largest absolute Gasteiger partial charge is 0.835 e. The fourth-order valence-corrected chi connectivity index (χ4v) is 4.94. The Balaban J connectivity index is 2.24. The number of rotatable bonds is 7. The van der Waals surface area contributed by atoms with E-state index in [0.29, 0.717) is 29.1 Å². The molecule has 0 radical (unpaired) electrons. The number of thiazole rings is 1. The molecular weight excluding hydrogens is 358 g/mol. The predicted octanol–water partition coefficient (Wildman–Crippen LogP) is 2.24. The zero-order valence-corrected chi connectivity index (χ0v) is 16.4. The summed E-state index contributed by atoms with van der Waals surface area (Å²) in [5.74, 6) is 0. The van der Waals surface area contributed by atoms with Crippen LogP contribution in [0.5, 0.6) is 0 Å². The molecule has 2 aromatic carbocycles. The minimum atomic E-state index is -1.85. The van der Waals surface area contributed by atoms with Crippen LogP contribution in [0, 0.1) is 6.92 Å². The van der Waals surface area contributed by atoms with Crippen molar-refractivity contribution in [3.8, 4) is 0 Å². The van der Waals surface area contributed by atoms with Crippen molar-refractivity contribution in [2.75, 3.05) is 6.61 Å². The maximum absolute atomic E-state index is 14.4. The highest BCUT2D eigenvalue weighted by Crippen LogP contribution is 2.40. The van der Waals surface area contributed by atoms with Crippen molar-refractivity contribution in [3.05, 3.63) is 87.4 Å². The molecule has 0 aliphatic heterocycles. The third-order valence-electron chi connectivity index (χ3n) is 4.95. The standard InChI is InChI=1S/C22H25NO3S/c1-3-23-16(2)19(14-15-24)27-21(23)22(26,18-12-8-5-9-13-18)20(25)17-10-6-4-7-11-17/h4-13,20,24-25H,3,14-15H2,1-2H3. The molecule has 0 fully saturated rings. The second kappa shape index (κ2) is 8.31. The average molecular weight is 384 g/mol. The van der Waals surface area contributed by atoms with Gasteiger partial charge in [-0.25, -0.2) is 0 Å². The van der Waals surface area contributed by atoms with Crippen LogP contribution in [-0.2, 0) is 18.6 Å². The van der Waals surface area contributed by atoms with Gasteiger partial charge in [0.15, 0.2) is 5.69 Å². The lowest BCUT2D eigenvalue weighted by Gasteiger charge is -2.41. The Hall–Kier alpha value is -2.05. The Labute approximate surface area is 164 Å². The Morgan fingerprint density at radius 3 is 2.22 bits per heavy atom. The summed E-state index contributed by atoms with van der Waals surface area (Å²) in [6, 6.07) is 18.2. The van der Waals surface area contributed by atoms with E-state index in [-0.39, 0.29) is 6.61 Å². The molecule has 5 heteroatoms. The number of nitrogens with zero attached hydrogens (tertiary/aromatic N) is 1. The van der Waals surface area contributed by atoms with Gasteiger partial charge in [-0.05, 0) is 18.1 Å². The number of hydrogen-bond donors (Lipinski definition) is 2. The van der Waals surface area contributed by atoms with E-state index in [1.54, 1.807) is 24.3 Å². The van der Waals surface area contributed by atoms with Crippen LogP contribution in [0.25, 0.3) is 0 Å². The van der Waals surface area contributed by atoms with Gasteiger partial charge in [0.1, 0.15) is 6.54 Å². The molecule has 1 heterocycles. The van der Waals surface area contributed by atoms with Gasteiger partial charge in [-0.2, -0.15) is 4.57 Å². The van der Waals surface area contributed by atoms with E-state index in [1.807, 2.05) is 54.8 Å². The maximum Gasteiger partial charge on any atom is 0.234 e. The smallest absolute Gasteiger partial charge is 0.234 e. The fraction of sp³-hybridized carbons (Fsp3) is 0.318. The monoisotopic (exact) mass is 383 g/mol. The lowest BCUT2D eigenvalue weighted by Crippen LogP contribution is -2.55. The third-order valence-corrected chi connectivity index (χ3v) is 6.41. The van der Waals surface area contributed by atoms with Crippen molar-refractivity contribution in [1.82, 2.24) is 0 Å². The molecule has 2 unspecified atom stereocenters. The molecule has 0 bridgehead atoms. The molecule has 0 aliphatic rings. The van der Waals surface area contributed by atoms with Crippen molar-refractivity contribution in [3.63, 3.8) is 0 Å². The van der Waals surface area contributed by atoms with Gasteiger partial charge in [-0.3, -0.25) is 0 Å². The SMILES string of the molecule is CC[n+]1c(C([O-])(c2ccccc2)C(O)c2ccccc2)sc(CCO)c1C. The first kappa shape index (κ1) is 19.7. The highest BCUT2D eigenvalue weighted by molar-refractivity contribution is 7.11. The molecule has 0 spiro atoms. The molecule has 0 saturated heterocycles. The molecule has 0 aliphatic carbocycles. The molecule has 0 saturated carbocycles. The van der Waals surface area contributed by atoms with Crippen LogP contribution in [0.15, 0.2) is 60.7 Å². The average Bonchev–Trinajstić information content (AvgIpc) is 3.04. The van der Waals surface area contributed by atoms with E-state index in [9.17, 15) is 15.3 Å². The molecule has 3 aromatic rings. The van der Waals surface area contributed by atoms with Crippen LogP contribution in [0.1, 0.15) is 39.7 Å². The molecule has 2 N–H and O–H groups in total. The van der Waals surface area contributed by atoms with Gasteiger partial charge < -0.3 is 15.3 Å². The normalized spacial score (nSPS) is 14.7. The van der Waals surface area contributed by atoms with Crippen molar-refractivity contribution < 1.29 is 19.9 Å². The highest BCUT2D eigenvalue weighted by atomic mass is 32.1. The lowest BCUT2D eigenvalue weighted by molar-refractivity contribution is -0.721. The Kier molecular flexibility index (Phi) is 6.07. The van der Waals surface area contributed by atoms with E-state index in [0.717, 1.165) is 10.6 Å². The molecule has 2 atom stereocenters. The second-order valence-corrected chi connectivity index (χ2v) is 7.63. The summed E-state index contributed by atoms with van der Waals surface area (Å²) >= 11 is 1.39. The fourth-order valence-electron chi connectivity index (χ4n) is 3.49. The zero-order chi connectivity index (χ0) is 19.4. The van der Waals surface area contributed by atoms with E-state index in [2.05, 4.69) is 0 Å². The highest BCUT2D eigenvalue weighted by Gasteiger charge is 2.41. The van der Waals surface area contributed by atoms with Gasteiger partial charge in [-0.1, -0.05) is 72.0 Å². The Morgan fingerprint density at radius 2 is 1.67 bits per heavy atom. The molecule has 1 aromatic heterocycles. The number of aliphatic hydroxyl groups excluding tert-OH is 2. The van der Waals surface area contributed by atoms with E-state index in [1.165, 1.54) is 11.3 Å². The van der Waals surface area contributed by atoms with Gasteiger partial charge in [-0.15, -0.1) is 0 Å². The molecule has 4 nitrogen and oxygen atoms in total. The van der Waals surface area contributed by atoms with Gasteiger partial charge in [0.25, 0.3) is 0 Å². The van der Waals surface area contributed by atoms with Crippen molar-refractivity contribution in [2.45, 2.75) is 38.5 Å². The Bertz CT molecular complexity index is 879. The third kappa shape index (κ3) is 3.56. The van der Waals surface area contributed by atoms with Crippen LogP contribution in [0.4, 0.5) is 0 Å². The molecule has 142 valence electrons. The van der Waals surface area contributed by atoms with Gasteiger partial charge in [0.05, 0.1) is 11.0 Å². The van der Waals surface area contributed by atoms with Crippen LogP contribution in [-0.4, -0.2) is 16.8 Å². The maximum atomic E-state index is 14.4. The van der Waals surface area contributed by atoms with Crippen LogP contribution < -0.4 is 9.67 Å². The van der Waals surface area contributed by atoms with Crippen LogP contribution in [0.3, 0.4) is 0 Å². The zero-order valence-electron chi connectivity index (χ0n) is 15.6. The Morgan fingerprint density at radius 1 is 1.07 bits per heavy atom. The van der Waals surface area contributed by atoms with Crippen LogP contribution >= 0.6 is 11.3 Å². The first-order valence-electron chi connectivity index (χ1n) is 9.16. The van der Waals surface area contributed by atoms with Crippen molar-refractivity contribution in [1.29, 1.82) is 0 Å². The minimum absolute atomic E-state index is 0.0307. The molecule has 27 heavy (non-hydrogen) atoms. The predicted molar refractivity (Wildman–Crippen MR) is 104 cm³/mol. The van der Waals surface area contributed by atoms with E-state index >= 15 is 0 Å². The second-order valence-electron chi connectivity index (χ2n) is 6.55. The summed E-state index contributed by atoms with van der Waals surface area (Å²) in [6.45, 7) is 4.62. The molecular formula is C22H25NO3S. The number of aliphatic hydroxyl groups is 2. The van der Waals surface area contributed by atoms with Gasteiger partial charge in [0.2, 0.25) is 5.01 Å². The van der Waals surface area contributed by atoms with E-state index in [4.69, 9.17) is 0 Å². The number of aromatic nitrogens is 1. The quantitative estimate of drug-likeness (QED) is 0.615. The summed E-state index contributed by atoms with van der Waals surface area (Å²) in [7, 11) is 0.